The Balaban J connectivity index is 2.61. The van der Waals surface area contributed by atoms with Crippen molar-refractivity contribution in [2.75, 3.05) is 0 Å². The second kappa shape index (κ2) is 4.94. The van der Waals surface area contributed by atoms with Gasteiger partial charge < -0.3 is 9.78 Å². The average molecular weight is 194 g/mol. The topological polar surface area (TPSA) is 45.8 Å². The predicted molar refractivity (Wildman–Crippen MR) is 56.3 cm³/mol. The number of Topliss-reactive ketones (excluding diaryl/α,β-unsaturated/α-hetero) is 1. The SMILES string of the molecule is CCCc1nc(CCC(C)=O)[nH]c1C. The van der Waals surface area contributed by atoms with E-state index in [0.717, 1.165) is 36.5 Å². The van der Waals surface area contributed by atoms with Crippen molar-refractivity contribution < 1.29 is 4.79 Å². The van der Waals surface area contributed by atoms with Crippen LogP contribution in [0.3, 0.4) is 0 Å². The average Bonchev–Trinajstić information content (AvgIpc) is 2.45. The first kappa shape index (κ1) is 11.0. The fourth-order valence-corrected chi connectivity index (χ4v) is 1.46. The zero-order chi connectivity index (χ0) is 10.6. The smallest absolute Gasteiger partial charge is 0.130 e. The van der Waals surface area contributed by atoms with Gasteiger partial charge in [-0.25, -0.2) is 4.98 Å². The number of aromatic amines is 1. The molecule has 0 aliphatic rings. The molecule has 0 saturated heterocycles. The Morgan fingerprint density at radius 3 is 2.71 bits per heavy atom. The summed E-state index contributed by atoms with van der Waals surface area (Å²) in [5, 5.41) is 0. The Kier molecular flexibility index (Phi) is 3.86. The number of H-pyrrole nitrogens is 1. The summed E-state index contributed by atoms with van der Waals surface area (Å²) in [6, 6.07) is 0. The van der Waals surface area contributed by atoms with E-state index >= 15 is 0 Å². The Hall–Kier alpha value is -1.12. The number of aromatic nitrogens is 2. The maximum absolute atomic E-state index is 10.8. The highest BCUT2D eigenvalue weighted by atomic mass is 16.1. The van der Waals surface area contributed by atoms with E-state index in [2.05, 4.69) is 16.9 Å². The molecule has 0 fully saturated rings. The van der Waals surface area contributed by atoms with Crippen molar-refractivity contribution in [1.82, 2.24) is 9.97 Å². The molecule has 0 aliphatic carbocycles. The number of aryl methyl sites for hydroxylation is 3. The van der Waals surface area contributed by atoms with Crippen molar-refractivity contribution in [1.29, 1.82) is 0 Å². The number of carbonyl (C=O) groups is 1. The highest BCUT2D eigenvalue weighted by molar-refractivity contribution is 5.75. The molecule has 0 radical (unpaired) electrons. The molecule has 0 aromatic carbocycles. The predicted octanol–water partition coefficient (Wildman–Crippen LogP) is 2.19. The van der Waals surface area contributed by atoms with Crippen LogP contribution in [0.15, 0.2) is 0 Å². The zero-order valence-corrected chi connectivity index (χ0v) is 9.18. The third-order valence-corrected chi connectivity index (χ3v) is 2.24. The van der Waals surface area contributed by atoms with Crippen LogP contribution in [-0.4, -0.2) is 15.8 Å². The Morgan fingerprint density at radius 2 is 2.14 bits per heavy atom. The Bertz CT molecular complexity index is 315. The number of carbonyl (C=O) groups excluding carboxylic acids is 1. The lowest BCUT2D eigenvalue weighted by Crippen LogP contribution is -1.95. The van der Waals surface area contributed by atoms with Crippen LogP contribution < -0.4 is 0 Å². The van der Waals surface area contributed by atoms with E-state index in [1.165, 1.54) is 0 Å². The van der Waals surface area contributed by atoms with E-state index < -0.39 is 0 Å². The number of rotatable bonds is 5. The summed E-state index contributed by atoms with van der Waals surface area (Å²) in [6.07, 6.45) is 3.44. The van der Waals surface area contributed by atoms with Gasteiger partial charge >= 0.3 is 0 Å². The minimum absolute atomic E-state index is 0.219. The highest BCUT2D eigenvalue weighted by Crippen LogP contribution is 2.08. The summed E-state index contributed by atoms with van der Waals surface area (Å²) in [7, 11) is 0. The van der Waals surface area contributed by atoms with Gasteiger partial charge in [0.05, 0.1) is 5.69 Å². The minimum atomic E-state index is 0.219. The number of nitrogens with zero attached hydrogens (tertiary/aromatic N) is 1. The zero-order valence-electron chi connectivity index (χ0n) is 9.18. The number of hydrogen-bond acceptors (Lipinski definition) is 2. The molecule has 14 heavy (non-hydrogen) atoms. The third kappa shape index (κ3) is 2.98. The molecular formula is C11H18N2O. The number of nitrogens with one attached hydrogen (secondary N) is 1. The number of ketones is 1. The van der Waals surface area contributed by atoms with E-state index in [1.54, 1.807) is 6.92 Å². The van der Waals surface area contributed by atoms with Gasteiger partial charge in [0.25, 0.3) is 0 Å². The lowest BCUT2D eigenvalue weighted by atomic mass is 10.2. The van der Waals surface area contributed by atoms with Crippen LogP contribution in [0.2, 0.25) is 0 Å². The maximum atomic E-state index is 10.8. The summed E-state index contributed by atoms with van der Waals surface area (Å²) in [5.74, 6) is 1.16. The first-order valence-electron chi connectivity index (χ1n) is 5.17. The molecule has 0 atom stereocenters. The van der Waals surface area contributed by atoms with Gasteiger partial charge in [-0.1, -0.05) is 13.3 Å². The van der Waals surface area contributed by atoms with Crippen LogP contribution >= 0.6 is 0 Å². The van der Waals surface area contributed by atoms with Gasteiger partial charge in [-0.3, -0.25) is 0 Å². The highest BCUT2D eigenvalue weighted by Gasteiger charge is 2.06. The van der Waals surface area contributed by atoms with E-state index in [9.17, 15) is 4.79 Å². The fourth-order valence-electron chi connectivity index (χ4n) is 1.46. The molecule has 3 heteroatoms. The van der Waals surface area contributed by atoms with Crippen LogP contribution in [0, 0.1) is 6.92 Å². The molecule has 1 aromatic heterocycles. The molecule has 78 valence electrons. The molecule has 0 unspecified atom stereocenters. The lowest BCUT2D eigenvalue weighted by molar-refractivity contribution is -0.117. The van der Waals surface area contributed by atoms with Crippen molar-refractivity contribution in [2.45, 2.75) is 46.5 Å². The minimum Gasteiger partial charge on any atom is -0.346 e. The van der Waals surface area contributed by atoms with Gasteiger partial charge in [0.15, 0.2) is 0 Å². The first-order chi connectivity index (χ1) is 6.63. The van der Waals surface area contributed by atoms with Crippen molar-refractivity contribution in [3.05, 3.63) is 17.2 Å². The van der Waals surface area contributed by atoms with Crippen molar-refractivity contribution in [3.63, 3.8) is 0 Å². The van der Waals surface area contributed by atoms with E-state index in [0.29, 0.717) is 6.42 Å². The fraction of sp³-hybridized carbons (Fsp3) is 0.636. The quantitative estimate of drug-likeness (QED) is 0.781. The second-order valence-electron chi connectivity index (χ2n) is 3.71. The largest absolute Gasteiger partial charge is 0.346 e. The van der Waals surface area contributed by atoms with Crippen molar-refractivity contribution >= 4 is 5.78 Å². The molecule has 0 amide bonds. The monoisotopic (exact) mass is 194 g/mol. The molecule has 0 bridgehead atoms. The van der Waals surface area contributed by atoms with Crippen molar-refractivity contribution in [3.8, 4) is 0 Å². The van der Waals surface area contributed by atoms with E-state index in [4.69, 9.17) is 0 Å². The first-order valence-corrected chi connectivity index (χ1v) is 5.17. The van der Waals surface area contributed by atoms with Gasteiger partial charge in [0.2, 0.25) is 0 Å². The van der Waals surface area contributed by atoms with Gasteiger partial charge in [-0.15, -0.1) is 0 Å². The maximum Gasteiger partial charge on any atom is 0.130 e. The van der Waals surface area contributed by atoms with Crippen LogP contribution in [0.5, 0.6) is 0 Å². The summed E-state index contributed by atoms with van der Waals surface area (Å²) in [4.78, 5) is 18.5. The van der Waals surface area contributed by atoms with Gasteiger partial charge in [-0.2, -0.15) is 0 Å². The number of imidazole rings is 1. The standard InChI is InChI=1S/C11H18N2O/c1-4-5-10-9(3)12-11(13-10)7-6-8(2)14/h4-7H2,1-3H3,(H,12,13). The summed E-state index contributed by atoms with van der Waals surface area (Å²) in [6.45, 7) is 5.79. The van der Waals surface area contributed by atoms with Crippen LogP contribution in [0.1, 0.15) is 43.9 Å². The molecule has 3 nitrogen and oxygen atoms in total. The van der Waals surface area contributed by atoms with Gasteiger partial charge in [-0.05, 0) is 20.3 Å². The van der Waals surface area contributed by atoms with E-state index in [1.807, 2.05) is 6.92 Å². The van der Waals surface area contributed by atoms with Crippen LogP contribution in [0.25, 0.3) is 0 Å². The number of hydrogen-bond donors (Lipinski definition) is 1. The van der Waals surface area contributed by atoms with E-state index in [-0.39, 0.29) is 5.78 Å². The normalized spacial score (nSPS) is 10.5. The Morgan fingerprint density at radius 1 is 1.43 bits per heavy atom. The lowest BCUT2D eigenvalue weighted by Gasteiger charge is -1.92. The summed E-state index contributed by atoms with van der Waals surface area (Å²) in [5.41, 5.74) is 2.29. The molecule has 1 aromatic rings. The van der Waals surface area contributed by atoms with Crippen molar-refractivity contribution in [2.24, 2.45) is 0 Å². The van der Waals surface area contributed by atoms with Crippen LogP contribution in [0.4, 0.5) is 0 Å². The van der Waals surface area contributed by atoms with Crippen LogP contribution in [-0.2, 0) is 17.6 Å². The molecule has 1 heterocycles. The van der Waals surface area contributed by atoms with Gasteiger partial charge in [0, 0.05) is 18.5 Å². The Labute approximate surface area is 84.9 Å². The molecular weight excluding hydrogens is 176 g/mol. The molecule has 1 N–H and O–H groups in total. The van der Waals surface area contributed by atoms with Gasteiger partial charge in [0.1, 0.15) is 11.6 Å². The molecule has 0 saturated carbocycles. The molecule has 0 spiro atoms. The summed E-state index contributed by atoms with van der Waals surface area (Å²) < 4.78 is 0. The molecule has 0 aliphatic heterocycles. The second-order valence-corrected chi connectivity index (χ2v) is 3.71. The molecule has 1 rings (SSSR count). The summed E-state index contributed by atoms with van der Waals surface area (Å²) >= 11 is 0. The third-order valence-electron chi connectivity index (χ3n) is 2.24.